The van der Waals surface area contributed by atoms with Crippen LogP contribution in [-0.4, -0.2) is 58.0 Å². The van der Waals surface area contributed by atoms with Crippen LogP contribution in [-0.2, 0) is 26.2 Å². The molecular weight excluding hydrogens is 542 g/mol. The van der Waals surface area contributed by atoms with Gasteiger partial charge >= 0.3 is 0 Å². The Morgan fingerprint density at radius 1 is 0.902 bits per heavy atom. The van der Waals surface area contributed by atoms with Crippen molar-refractivity contribution in [2.45, 2.75) is 57.6 Å². The van der Waals surface area contributed by atoms with Gasteiger partial charge in [0.15, 0.2) is 11.5 Å². The van der Waals surface area contributed by atoms with E-state index in [1.165, 1.54) is 37.3 Å². The summed E-state index contributed by atoms with van der Waals surface area (Å²) in [5.41, 5.74) is 2.12. The molecule has 3 aromatic carbocycles. The zero-order valence-electron chi connectivity index (χ0n) is 24.5. The van der Waals surface area contributed by atoms with Crippen LogP contribution >= 0.6 is 0 Å². The van der Waals surface area contributed by atoms with Crippen molar-refractivity contribution in [1.82, 2.24) is 10.2 Å². The van der Waals surface area contributed by atoms with Crippen LogP contribution in [0.4, 0.5) is 5.69 Å². The normalized spacial score (nSPS) is 12.6. The number of hydrogen-bond donors (Lipinski definition) is 1. The van der Waals surface area contributed by atoms with E-state index in [0.29, 0.717) is 11.4 Å². The third kappa shape index (κ3) is 7.58. The van der Waals surface area contributed by atoms with Gasteiger partial charge in [-0.05, 0) is 62.6 Å². The van der Waals surface area contributed by atoms with Gasteiger partial charge in [-0.2, -0.15) is 0 Å². The van der Waals surface area contributed by atoms with Gasteiger partial charge < -0.3 is 19.7 Å². The lowest BCUT2D eigenvalue weighted by Gasteiger charge is -2.32. The quantitative estimate of drug-likeness (QED) is 0.318. The summed E-state index contributed by atoms with van der Waals surface area (Å²) in [4.78, 5) is 28.6. The predicted molar refractivity (Wildman–Crippen MR) is 160 cm³/mol. The Labute approximate surface area is 243 Å². The molecule has 0 heterocycles. The Balaban J connectivity index is 2.05. The van der Waals surface area contributed by atoms with Gasteiger partial charge in [0, 0.05) is 18.7 Å². The maximum atomic E-state index is 14.0. The van der Waals surface area contributed by atoms with Crippen molar-refractivity contribution < 1.29 is 27.5 Å². The van der Waals surface area contributed by atoms with Gasteiger partial charge in [-0.25, -0.2) is 8.42 Å². The summed E-state index contributed by atoms with van der Waals surface area (Å²) in [5.74, 6) is -0.216. The monoisotopic (exact) mass is 581 g/mol. The fraction of sp³-hybridized carbons (Fsp3) is 0.355. The van der Waals surface area contributed by atoms with Crippen LogP contribution in [0.25, 0.3) is 0 Å². The Morgan fingerprint density at radius 2 is 1.54 bits per heavy atom. The summed E-state index contributed by atoms with van der Waals surface area (Å²) >= 11 is 0. The van der Waals surface area contributed by atoms with Gasteiger partial charge in [-0.15, -0.1) is 0 Å². The van der Waals surface area contributed by atoms with E-state index >= 15 is 0 Å². The van der Waals surface area contributed by atoms with E-state index in [2.05, 4.69) is 5.32 Å². The van der Waals surface area contributed by atoms with Gasteiger partial charge in [0.05, 0.1) is 24.8 Å². The summed E-state index contributed by atoms with van der Waals surface area (Å²) in [6.07, 6.45) is 0.732. The van der Waals surface area contributed by atoms with E-state index in [1.54, 1.807) is 37.3 Å². The topological polar surface area (TPSA) is 105 Å². The van der Waals surface area contributed by atoms with Crippen molar-refractivity contribution in [2.24, 2.45) is 0 Å². The lowest BCUT2D eigenvalue weighted by atomic mass is 10.1. The second-order valence-corrected chi connectivity index (χ2v) is 11.7. The second-order valence-electron chi connectivity index (χ2n) is 9.81. The number of ether oxygens (including phenoxy) is 2. The number of benzene rings is 3. The number of aryl methyl sites for hydroxylation is 1. The summed E-state index contributed by atoms with van der Waals surface area (Å²) in [5, 5.41) is 2.94. The summed E-state index contributed by atoms with van der Waals surface area (Å²) in [6, 6.07) is 19.3. The number of anilines is 1. The molecule has 0 saturated heterocycles. The Hall–Kier alpha value is -4.05. The molecule has 2 amide bonds. The fourth-order valence-corrected chi connectivity index (χ4v) is 5.68. The highest BCUT2D eigenvalue weighted by atomic mass is 32.2. The van der Waals surface area contributed by atoms with E-state index in [1.807, 2.05) is 45.0 Å². The highest BCUT2D eigenvalue weighted by Gasteiger charge is 2.33. The lowest BCUT2D eigenvalue weighted by Crippen LogP contribution is -2.52. The van der Waals surface area contributed by atoms with E-state index < -0.39 is 28.5 Å². The molecule has 0 aromatic heterocycles. The number of carbonyl (C=O) groups excluding carboxylic acids is 2. The SMILES string of the molecule is CC[C@@H](C)NC(=O)[C@@H](C)N(Cc1ccccc1C)C(=O)CN(c1ccccc1)S(=O)(=O)c1ccc(OC)c(OC)c1. The molecular formula is C31H39N3O6S. The molecule has 41 heavy (non-hydrogen) atoms. The largest absolute Gasteiger partial charge is 0.493 e. The van der Waals surface area contributed by atoms with Gasteiger partial charge in [0.1, 0.15) is 12.6 Å². The minimum atomic E-state index is -4.24. The molecule has 0 saturated carbocycles. The van der Waals surface area contributed by atoms with Gasteiger partial charge in [0.25, 0.3) is 10.0 Å². The zero-order chi connectivity index (χ0) is 30.2. The number of hydrogen-bond acceptors (Lipinski definition) is 6. The van der Waals surface area contributed by atoms with Crippen molar-refractivity contribution >= 4 is 27.5 Å². The number of rotatable bonds is 13. The molecule has 0 bridgehead atoms. The van der Waals surface area contributed by atoms with Gasteiger partial charge in [0.2, 0.25) is 11.8 Å². The molecule has 9 nitrogen and oxygen atoms in total. The summed E-state index contributed by atoms with van der Waals surface area (Å²) < 4.78 is 39.7. The highest BCUT2D eigenvalue weighted by Crippen LogP contribution is 2.32. The first kappa shape index (κ1) is 31.5. The first-order valence-corrected chi connectivity index (χ1v) is 14.9. The van der Waals surface area contributed by atoms with Crippen LogP contribution in [0.5, 0.6) is 11.5 Å². The molecule has 3 rings (SSSR count). The van der Waals surface area contributed by atoms with E-state index in [0.717, 1.165) is 21.9 Å². The molecule has 0 aliphatic rings. The first-order chi connectivity index (χ1) is 19.5. The fourth-order valence-electron chi connectivity index (χ4n) is 4.25. The smallest absolute Gasteiger partial charge is 0.264 e. The first-order valence-electron chi connectivity index (χ1n) is 13.5. The van der Waals surface area contributed by atoms with Crippen molar-refractivity contribution in [3.63, 3.8) is 0 Å². The third-order valence-electron chi connectivity index (χ3n) is 7.04. The Bertz CT molecular complexity index is 1450. The van der Waals surface area contributed by atoms with E-state index in [9.17, 15) is 18.0 Å². The average Bonchev–Trinajstić information content (AvgIpc) is 2.98. The molecule has 0 aliphatic heterocycles. The minimum absolute atomic E-state index is 0.0696. The number of nitrogens with zero attached hydrogens (tertiary/aromatic N) is 2. The average molecular weight is 582 g/mol. The van der Waals surface area contributed by atoms with Crippen LogP contribution in [0.2, 0.25) is 0 Å². The van der Waals surface area contributed by atoms with Crippen LogP contribution < -0.4 is 19.1 Å². The van der Waals surface area contributed by atoms with Gasteiger partial charge in [-0.3, -0.25) is 13.9 Å². The number of sulfonamides is 1. The van der Waals surface area contributed by atoms with Crippen molar-refractivity contribution in [3.8, 4) is 11.5 Å². The highest BCUT2D eigenvalue weighted by molar-refractivity contribution is 7.92. The number of para-hydroxylation sites is 1. The molecule has 0 unspecified atom stereocenters. The maximum absolute atomic E-state index is 14.0. The molecule has 0 fully saturated rings. The molecule has 10 heteroatoms. The zero-order valence-corrected chi connectivity index (χ0v) is 25.3. The molecule has 0 radical (unpaired) electrons. The van der Waals surface area contributed by atoms with E-state index in [-0.39, 0.29) is 29.1 Å². The van der Waals surface area contributed by atoms with Crippen LogP contribution in [0.3, 0.4) is 0 Å². The lowest BCUT2D eigenvalue weighted by molar-refractivity contribution is -0.139. The third-order valence-corrected chi connectivity index (χ3v) is 8.81. The standard InChI is InChI=1S/C31H39N3O6S/c1-7-23(3)32-31(36)24(4)33(20-25-14-12-11-13-22(25)2)30(35)21-34(26-15-9-8-10-16-26)41(37,38)27-17-18-28(39-5)29(19-27)40-6/h8-19,23-24H,7,20-21H2,1-6H3,(H,32,36)/t23-,24-/m1/s1. The molecule has 2 atom stereocenters. The molecule has 0 spiro atoms. The minimum Gasteiger partial charge on any atom is -0.493 e. The molecule has 220 valence electrons. The predicted octanol–water partition coefficient (Wildman–Crippen LogP) is 4.54. The maximum Gasteiger partial charge on any atom is 0.264 e. The Morgan fingerprint density at radius 3 is 2.15 bits per heavy atom. The van der Waals surface area contributed by atoms with Crippen LogP contribution in [0.15, 0.2) is 77.7 Å². The van der Waals surface area contributed by atoms with E-state index in [4.69, 9.17) is 9.47 Å². The van der Waals surface area contributed by atoms with Crippen molar-refractivity contribution in [2.75, 3.05) is 25.1 Å². The molecule has 3 aromatic rings. The number of nitrogens with one attached hydrogen (secondary N) is 1. The second kappa shape index (κ2) is 14.0. The van der Waals surface area contributed by atoms with Crippen LogP contribution in [0, 0.1) is 6.92 Å². The summed E-state index contributed by atoms with van der Waals surface area (Å²) in [6.45, 7) is 7.06. The summed E-state index contributed by atoms with van der Waals surface area (Å²) in [7, 11) is -1.36. The Kier molecular flexibility index (Phi) is 10.8. The number of amides is 2. The molecule has 1 N–H and O–H groups in total. The van der Waals surface area contributed by atoms with Crippen molar-refractivity contribution in [1.29, 1.82) is 0 Å². The van der Waals surface area contributed by atoms with Crippen LogP contribution in [0.1, 0.15) is 38.3 Å². The number of methoxy groups -OCH3 is 2. The van der Waals surface area contributed by atoms with Gasteiger partial charge in [-0.1, -0.05) is 49.4 Å². The number of carbonyl (C=O) groups is 2. The molecule has 0 aliphatic carbocycles. The van der Waals surface area contributed by atoms with Crippen molar-refractivity contribution in [3.05, 3.63) is 83.9 Å².